The third-order valence-electron chi connectivity index (χ3n) is 1.42. The number of ether oxygens (including phenoxy) is 2. The van der Waals surface area contributed by atoms with Crippen molar-refractivity contribution in [3.8, 4) is 0 Å². The van der Waals surface area contributed by atoms with Gasteiger partial charge in [-0.3, -0.25) is 0 Å². The van der Waals surface area contributed by atoms with Crippen LogP contribution in [0.3, 0.4) is 0 Å². The van der Waals surface area contributed by atoms with Crippen molar-refractivity contribution in [3.63, 3.8) is 0 Å². The zero-order valence-electron chi connectivity index (χ0n) is 8.21. The number of allylic oxidation sites excluding steroid dienone is 1. The number of hydrogen-bond acceptors (Lipinski definition) is 2. The molecular weight excluding hydrogens is 147 g/mol. The van der Waals surface area contributed by atoms with Gasteiger partial charge in [-0.2, -0.15) is 0 Å². The Kier molecular flexibility index (Phi) is 11.5. The van der Waals surface area contributed by atoms with Crippen molar-refractivity contribution in [2.45, 2.75) is 24.9 Å². The number of rotatable bonds is 8. The molecule has 0 aromatic heterocycles. The zero-order valence-corrected chi connectivity index (χ0v) is 8.21. The first-order chi connectivity index (χ1) is 5.91. The van der Waals surface area contributed by atoms with Crippen molar-refractivity contribution in [1.82, 2.24) is 0 Å². The summed E-state index contributed by atoms with van der Waals surface area (Å²) in [6.45, 7) is 3.88. The van der Waals surface area contributed by atoms with Gasteiger partial charge in [0.2, 0.25) is 0 Å². The second kappa shape index (κ2) is 11.3. The van der Waals surface area contributed by atoms with Crippen LogP contribution in [0.1, 0.15) is 19.8 Å². The Balaban J connectivity index is 2.90. The molecule has 0 fully saturated rings. The summed E-state index contributed by atoms with van der Waals surface area (Å²) in [4.78, 5) is 0. The molecule has 0 N–H and O–H groups in total. The molecule has 0 spiro atoms. The third-order valence-corrected chi connectivity index (χ3v) is 1.42. The molecule has 0 unspecified atom stereocenters. The molecule has 3 heteroatoms. The van der Waals surface area contributed by atoms with E-state index in [0.717, 1.165) is 19.6 Å². The van der Waals surface area contributed by atoms with E-state index in [2.05, 4.69) is 29.9 Å². The van der Waals surface area contributed by atoms with Crippen molar-refractivity contribution in [2.75, 3.05) is 20.0 Å². The van der Waals surface area contributed by atoms with E-state index in [1.54, 1.807) is 0 Å². The van der Waals surface area contributed by atoms with Crippen LogP contribution in [0.5, 0.6) is 0 Å². The van der Waals surface area contributed by atoms with Crippen LogP contribution in [-0.4, -0.2) is 37.7 Å². The fraction of sp³-hybridized carbons (Fsp3) is 0.778. The molecule has 0 aromatic carbocycles. The molecule has 2 nitrogen and oxygen atoms in total. The minimum absolute atomic E-state index is 0.429. The first kappa shape index (κ1) is 12.3. The average Bonchev–Trinajstić information content (AvgIpc) is 2.10. The van der Waals surface area contributed by atoms with Gasteiger partial charge in [-0.1, -0.05) is 0 Å². The van der Waals surface area contributed by atoms with Crippen LogP contribution in [0.2, 0.25) is 5.09 Å². The van der Waals surface area contributed by atoms with Gasteiger partial charge in [-0.05, 0) is 0 Å². The Labute approximate surface area is 84.5 Å². The third kappa shape index (κ3) is 10.3. The molecule has 12 heavy (non-hydrogen) atoms. The Morgan fingerprint density at radius 1 is 1.17 bits per heavy atom. The van der Waals surface area contributed by atoms with Gasteiger partial charge in [-0.15, -0.1) is 0 Å². The summed E-state index contributed by atoms with van der Waals surface area (Å²) >= 11 is 2.18. The maximum atomic E-state index is 5.18. The predicted molar refractivity (Wildman–Crippen MR) is 51.4 cm³/mol. The van der Waals surface area contributed by atoms with Gasteiger partial charge in [-0.25, -0.2) is 0 Å². The average molecular weight is 164 g/mol. The van der Waals surface area contributed by atoms with Crippen molar-refractivity contribution in [2.24, 2.45) is 0 Å². The Morgan fingerprint density at radius 2 is 1.92 bits per heavy atom. The van der Waals surface area contributed by atoms with Crippen LogP contribution >= 0.6 is 0 Å². The standard InChI is InChI=1S/C9H17O2.Li/c1-3-5-6-7-8-11-9-10-4-2;/h5-6H,1,3-4,7-9H2,2H3;. The van der Waals surface area contributed by atoms with Crippen LogP contribution in [0, 0.1) is 0 Å². The molecule has 0 aliphatic carbocycles. The van der Waals surface area contributed by atoms with Crippen molar-refractivity contribution < 1.29 is 9.47 Å². The second-order valence-electron chi connectivity index (χ2n) is 2.57. The molecule has 0 aliphatic heterocycles. The van der Waals surface area contributed by atoms with Gasteiger partial charge in [0, 0.05) is 0 Å². The quantitative estimate of drug-likeness (QED) is 0.236. The van der Waals surface area contributed by atoms with Gasteiger partial charge >= 0.3 is 84.2 Å². The van der Waals surface area contributed by atoms with E-state index in [9.17, 15) is 0 Å². The summed E-state index contributed by atoms with van der Waals surface area (Å²) < 4.78 is 10.2. The van der Waals surface area contributed by atoms with E-state index in [-0.39, 0.29) is 0 Å². The van der Waals surface area contributed by atoms with E-state index in [0.29, 0.717) is 6.79 Å². The van der Waals surface area contributed by atoms with Crippen LogP contribution in [0.25, 0.3) is 0 Å². The molecule has 0 aliphatic rings. The zero-order chi connectivity index (χ0) is 9.07. The Hall–Kier alpha value is 0.257. The molecule has 0 heterocycles. The summed E-state index contributed by atoms with van der Waals surface area (Å²) in [5.74, 6) is 0. The minimum atomic E-state index is 0.429. The first-order valence-corrected chi connectivity index (χ1v) is 4.72. The fourth-order valence-electron chi connectivity index (χ4n) is 0.755. The van der Waals surface area contributed by atoms with Gasteiger partial charge in [0.25, 0.3) is 0 Å². The molecule has 0 saturated carbocycles. The molecule has 0 rings (SSSR count). The van der Waals surface area contributed by atoms with E-state index in [1.807, 2.05) is 6.92 Å². The summed E-state index contributed by atoms with van der Waals surface area (Å²) in [6.07, 6.45) is 6.53. The molecule has 0 saturated heterocycles. The van der Waals surface area contributed by atoms with Crippen molar-refractivity contribution in [3.05, 3.63) is 12.2 Å². The van der Waals surface area contributed by atoms with Crippen LogP contribution in [-0.2, 0) is 9.47 Å². The normalized spacial score (nSPS) is 11.2. The van der Waals surface area contributed by atoms with E-state index >= 15 is 0 Å². The van der Waals surface area contributed by atoms with Gasteiger partial charge in [0.1, 0.15) is 0 Å². The fourth-order valence-corrected chi connectivity index (χ4v) is 0.755. The Bertz CT molecular complexity index is 105. The van der Waals surface area contributed by atoms with Crippen LogP contribution in [0.15, 0.2) is 12.2 Å². The molecular formula is C9H17LiO2. The SMILES string of the molecule is [Li][CH2]CC=CCCOCOCC. The molecule has 66 valence electrons. The van der Waals surface area contributed by atoms with Crippen molar-refractivity contribution >= 4 is 17.7 Å². The maximum absolute atomic E-state index is 5.18. The molecule has 0 amide bonds. The molecule has 0 aromatic rings. The van der Waals surface area contributed by atoms with E-state index < -0.39 is 0 Å². The van der Waals surface area contributed by atoms with Gasteiger partial charge in [0.05, 0.1) is 0 Å². The predicted octanol–water partition coefficient (Wildman–Crippen LogP) is 1.92. The molecule has 0 atom stereocenters. The molecule has 0 bridgehead atoms. The summed E-state index contributed by atoms with van der Waals surface area (Å²) in [6, 6.07) is 0. The van der Waals surface area contributed by atoms with Gasteiger partial charge in [0.15, 0.2) is 0 Å². The van der Waals surface area contributed by atoms with Crippen LogP contribution in [0.4, 0.5) is 0 Å². The van der Waals surface area contributed by atoms with Gasteiger partial charge < -0.3 is 0 Å². The summed E-state index contributed by atoms with van der Waals surface area (Å²) in [5, 5.41) is 1.22. The summed E-state index contributed by atoms with van der Waals surface area (Å²) in [5.41, 5.74) is 0. The molecule has 0 radical (unpaired) electrons. The van der Waals surface area contributed by atoms with Crippen molar-refractivity contribution in [1.29, 1.82) is 0 Å². The topological polar surface area (TPSA) is 18.5 Å². The van der Waals surface area contributed by atoms with E-state index in [1.165, 1.54) is 11.5 Å². The Morgan fingerprint density at radius 3 is 2.58 bits per heavy atom. The first-order valence-electron chi connectivity index (χ1n) is 4.72. The number of hydrogen-bond donors (Lipinski definition) is 0. The monoisotopic (exact) mass is 164 g/mol. The van der Waals surface area contributed by atoms with Crippen LogP contribution < -0.4 is 0 Å². The second-order valence-corrected chi connectivity index (χ2v) is 2.57. The summed E-state index contributed by atoms with van der Waals surface area (Å²) in [7, 11) is 0. The van der Waals surface area contributed by atoms with E-state index in [4.69, 9.17) is 9.47 Å².